The summed E-state index contributed by atoms with van der Waals surface area (Å²) in [5.41, 5.74) is 3.15. The van der Waals surface area contributed by atoms with Crippen LogP contribution in [0.2, 0.25) is 0 Å². The lowest BCUT2D eigenvalue weighted by atomic mass is 10.0. The molecule has 0 aliphatic carbocycles. The summed E-state index contributed by atoms with van der Waals surface area (Å²) < 4.78 is 2.08. The Morgan fingerprint density at radius 3 is 3.20 bits per heavy atom. The lowest BCUT2D eigenvalue weighted by Gasteiger charge is -2.20. The first kappa shape index (κ1) is 8.41. The zero-order valence-corrected chi connectivity index (χ0v) is 8.18. The summed E-state index contributed by atoms with van der Waals surface area (Å²) >= 11 is 0. The Balaban J connectivity index is 2.33. The van der Waals surface area contributed by atoms with Gasteiger partial charge in [0.1, 0.15) is 0 Å². The van der Waals surface area contributed by atoms with Gasteiger partial charge >= 0.3 is 0 Å². The van der Waals surface area contributed by atoms with Crippen LogP contribution in [-0.4, -0.2) is 9.55 Å². The zero-order chi connectivity index (χ0) is 10.3. The number of nitrogens with zero attached hydrogens (tertiary/aromatic N) is 2. The summed E-state index contributed by atoms with van der Waals surface area (Å²) in [6.45, 7) is 0.925. The first-order valence-corrected chi connectivity index (χ1v) is 4.99. The molecule has 0 N–H and O–H groups in total. The van der Waals surface area contributed by atoms with E-state index in [0.717, 1.165) is 24.4 Å². The summed E-state index contributed by atoms with van der Waals surface area (Å²) in [5.74, 6) is 0. The maximum absolute atomic E-state index is 11.3. The van der Waals surface area contributed by atoms with Crippen LogP contribution in [0.25, 0.3) is 11.4 Å². The molecule has 2 aromatic heterocycles. The van der Waals surface area contributed by atoms with Crippen LogP contribution in [0.15, 0.2) is 41.5 Å². The molecule has 1 aliphatic heterocycles. The molecule has 0 fully saturated rings. The van der Waals surface area contributed by atoms with Crippen molar-refractivity contribution in [1.82, 2.24) is 9.55 Å². The molecular weight excluding hydrogens is 188 g/mol. The van der Waals surface area contributed by atoms with Gasteiger partial charge in [0, 0.05) is 31.1 Å². The molecule has 0 unspecified atom stereocenters. The Hall–Kier alpha value is -1.90. The van der Waals surface area contributed by atoms with Gasteiger partial charge in [-0.3, -0.25) is 9.78 Å². The molecule has 0 saturated heterocycles. The van der Waals surface area contributed by atoms with E-state index < -0.39 is 0 Å². The third-order valence-electron chi connectivity index (χ3n) is 2.76. The number of hydrogen-bond donors (Lipinski definition) is 0. The molecule has 15 heavy (non-hydrogen) atoms. The lowest BCUT2D eigenvalue weighted by molar-refractivity contribution is 0.673. The molecule has 3 heteroatoms. The molecule has 3 nitrogen and oxygen atoms in total. The molecule has 0 aromatic carbocycles. The predicted molar refractivity (Wildman–Crippen MR) is 57.6 cm³/mol. The summed E-state index contributed by atoms with van der Waals surface area (Å²) in [6.07, 6.45) is 4.60. The van der Waals surface area contributed by atoms with Crippen molar-refractivity contribution in [1.29, 1.82) is 0 Å². The van der Waals surface area contributed by atoms with E-state index in [1.165, 1.54) is 5.56 Å². The van der Waals surface area contributed by atoms with E-state index in [1.54, 1.807) is 18.3 Å². The maximum atomic E-state index is 11.3. The number of rotatable bonds is 0. The van der Waals surface area contributed by atoms with Crippen molar-refractivity contribution < 1.29 is 0 Å². The average molecular weight is 198 g/mol. The first-order valence-electron chi connectivity index (χ1n) is 4.99. The largest absolute Gasteiger partial charge is 0.346 e. The van der Waals surface area contributed by atoms with Crippen LogP contribution in [0.5, 0.6) is 0 Å². The molecule has 1 aliphatic rings. The van der Waals surface area contributed by atoms with E-state index in [2.05, 4.69) is 15.6 Å². The standard InChI is InChI=1S/C12H10N2O/c15-10-4-7-14-6-3-9-2-1-5-13-12(9)11(14)8-10/h1-2,4-5,7-8H,3,6H2. The highest BCUT2D eigenvalue weighted by Crippen LogP contribution is 2.25. The van der Waals surface area contributed by atoms with Gasteiger partial charge in [-0.25, -0.2) is 0 Å². The Morgan fingerprint density at radius 1 is 1.33 bits per heavy atom. The highest BCUT2D eigenvalue weighted by atomic mass is 16.1. The summed E-state index contributed by atoms with van der Waals surface area (Å²) in [6, 6.07) is 7.27. The van der Waals surface area contributed by atoms with Gasteiger partial charge in [0.2, 0.25) is 0 Å². The molecule has 3 heterocycles. The SMILES string of the molecule is O=c1ccn2c(c1)-c1ncccc1CC2. The number of fused-ring (bicyclic) bond motifs is 3. The van der Waals surface area contributed by atoms with Crippen molar-refractivity contribution in [3.63, 3.8) is 0 Å². The summed E-state index contributed by atoms with van der Waals surface area (Å²) in [5, 5.41) is 0. The Morgan fingerprint density at radius 2 is 2.27 bits per heavy atom. The number of aromatic nitrogens is 2. The van der Waals surface area contributed by atoms with E-state index in [9.17, 15) is 4.79 Å². The van der Waals surface area contributed by atoms with Gasteiger partial charge in [0.15, 0.2) is 5.43 Å². The molecule has 0 spiro atoms. The van der Waals surface area contributed by atoms with Crippen molar-refractivity contribution in [3.8, 4) is 11.4 Å². The third kappa shape index (κ3) is 1.28. The van der Waals surface area contributed by atoms with Crippen molar-refractivity contribution in [2.45, 2.75) is 13.0 Å². The fraction of sp³-hybridized carbons (Fsp3) is 0.167. The molecular formula is C12H10N2O. The van der Waals surface area contributed by atoms with Crippen LogP contribution in [0, 0.1) is 0 Å². The normalized spacial score (nSPS) is 13.1. The van der Waals surface area contributed by atoms with Crippen molar-refractivity contribution in [3.05, 3.63) is 52.4 Å². The minimum Gasteiger partial charge on any atom is -0.346 e. The molecule has 0 atom stereocenters. The van der Waals surface area contributed by atoms with Gasteiger partial charge in [-0.1, -0.05) is 6.07 Å². The minimum absolute atomic E-state index is 0.0414. The van der Waals surface area contributed by atoms with Gasteiger partial charge in [-0.05, 0) is 18.1 Å². The fourth-order valence-corrected chi connectivity index (χ4v) is 2.02. The zero-order valence-electron chi connectivity index (χ0n) is 8.18. The predicted octanol–water partition coefficient (Wildman–Crippen LogP) is 1.47. The smallest absolute Gasteiger partial charge is 0.182 e. The fourth-order valence-electron chi connectivity index (χ4n) is 2.02. The second-order valence-corrected chi connectivity index (χ2v) is 3.70. The highest BCUT2D eigenvalue weighted by Gasteiger charge is 2.15. The van der Waals surface area contributed by atoms with Crippen LogP contribution < -0.4 is 5.43 Å². The number of hydrogen-bond acceptors (Lipinski definition) is 2. The quantitative estimate of drug-likeness (QED) is 0.642. The van der Waals surface area contributed by atoms with Crippen molar-refractivity contribution in [2.24, 2.45) is 0 Å². The number of aryl methyl sites for hydroxylation is 2. The molecule has 74 valence electrons. The van der Waals surface area contributed by atoms with Gasteiger partial charge in [-0.15, -0.1) is 0 Å². The summed E-state index contributed by atoms with van der Waals surface area (Å²) in [4.78, 5) is 15.7. The van der Waals surface area contributed by atoms with Crippen molar-refractivity contribution >= 4 is 0 Å². The van der Waals surface area contributed by atoms with Crippen molar-refractivity contribution in [2.75, 3.05) is 0 Å². The molecule has 0 amide bonds. The summed E-state index contributed by atoms with van der Waals surface area (Å²) in [7, 11) is 0. The van der Waals surface area contributed by atoms with E-state index in [-0.39, 0.29) is 5.43 Å². The van der Waals surface area contributed by atoms with Gasteiger partial charge in [0.05, 0.1) is 11.4 Å². The van der Waals surface area contributed by atoms with Gasteiger partial charge < -0.3 is 4.57 Å². The second-order valence-electron chi connectivity index (χ2n) is 3.70. The average Bonchev–Trinajstić information content (AvgIpc) is 2.29. The molecule has 2 aromatic rings. The van der Waals surface area contributed by atoms with Gasteiger partial charge in [-0.2, -0.15) is 0 Å². The minimum atomic E-state index is 0.0414. The Bertz CT molecular complexity index is 572. The Labute approximate surface area is 87.0 Å². The molecule has 0 bridgehead atoms. The molecule has 0 saturated carbocycles. The van der Waals surface area contributed by atoms with Crippen LogP contribution in [0.1, 0.15) is 5.56 Å². The van der Waals surface area contributed by atoms with E-state index in [0.29, 0.717) is 0 Å². The van der Waals surface area contributed by atoms with E-state index in [1.807, 2.05) is 12.3 Å². The third-order valence-corrected chi connectivity index (χ3v) is 2.76. The topological polar surface area (TPSA) is 34.9 Å². The molecule has 0 radical (unpaired) electrons. The van der Waals surface area contributed by atoms with E-state index in [4.69, 9.17) is 0 Å². The molecule has 3 rings (SSSR count). The number of pyridine rings is 2. The van der Waals surface area contributed by atoms with Gasteiger partial charge in [0.25, 0.3) is 0 Å². The van der Waals surface area contributed by atoms with E-state index >= 15 is 0 Å². The highest BCUT2D eigenvalue weighted by molar-refractivity contribution is 5.60. The Kier molecular flexibility index (Phi) is 1.71. The van der Waals surface area contributed by atoms with Crippen LogP contribution in [-0.2, 0) is 13.0 Å². The van der Waals surface area contributed by atoms with Crippen LogP contribution in [0.3, 0.4) is 0 Å². The second kappa shape index (κ2) is 3.05. The van der Waals surface area contributed by atoms with Crippen LogP contribution in [0.4, 0.5) is 0 Å². The maximum Gasteiger partial charge on any atom is 0.182 e. The first-order chi connectivity index (χ1) is 7.34. The lowest BCUT2D eigenvalue weighted by Crippen LogP contribution is -2.16. The monoisotopic (exact) mass is 198 g/mol. The van der Waals surface area contributed by atoms with Crippen LogP contribution >= 0.6 is 0 Å².